The Hall–Kier alpha value is -0.340. The average Bonchev–Trinajstić information content (AvgIpc) is 2.02. The van der Waals surface area contributed by atoms with Gasteiger partial charge in [-0.2, -0.15) is 0 Å². The molecule has 72 valence electrons. The maximum Gasteiger partial charge on any atom is 0.137 e. The van der Waals surface area contributed by atoms with Crippen molar-refractivity contribution in [1.29, 1.82) is 0 Å². The van der Waals surface area contributed by atoms with Crippen molar-refractivity contribution < 1.29 is 0 Å². The van der Waals surface area contributed by atoms with Gasteiger partial charge in [0.25, 0.3) is 0 Å². The second kappa shape index (κ2) is 4.77. The van der Waals surface area contributed by atoms with Crippen LogP contribution in [0.25, 0.3) is 0 Å². The second-order valence-corrected chi connectivity index (χ2v) is 3.65. The van der Waals surface area contributed by atoms with Gasteiger partial charge in [0, 0.05) is 5.56 Å². The number of rotatable bonds is 3. The van der Waals surface area contributed by atoms with Crippen molar-refractivity contribution in [3.05, 3.63) is 21.7 Å². The molecule has 13 heavy (non-hydrogen) atoms. The van der Waals surface area contributed by atoms with Crippen molar-refractivity contribution in [3.63, 3.8) is 0 Å². The first-order valence-electron chi connectivity index (χ1n) is 4.33. The summed E-state index contributed by atoms with van der Waals surface area (Å²) >= 11 is 11.9. The first kappa shape index (κ1) is 10.7. The minimum absolute atomic E-state index is 0.492. The third-order valence-electron chi connectivity index (χ3n) is 1.80. The summed E-state index contributed by atoms with van der Waals surface area (Å²) in [4.78, 5) is 8.11. The molecule has 1 rings (SSSR count). The monoisotopic (exact) mass is 218 g/mol. The highest BCUT2D eigenvalue weighted by molar-refractivity contribution is 6.34. The molecule has 0 saturated heterocycles. The molecule has 0 aromatic carbocycles. The van der Waals surface area contributed by atoms with Gasteiger partial charge in [0.15, 0.2) is 0 Å². The predicted molar refractivity (Wildman–Crippen MR) is 55.4 cm³/mol. The third kappa shape index (κ3) is 2.82. The van der Waals surface area contributed by atoms with Crippen molar-refractivity contribution in [2.45, 2.75) is 33.1 Å². The van der Waals surface area contributed by atoms with Crippen LogP contribution < -0.4 is 0 Å². The summed E-state index contributed by atoms with van der Waals surface area (Å²) in [6, 6.07) is 0. The molecule has 0 fully saturated rings. The fraction of sp³-hybridized carbons (Fsp3) is 0.556. The smallest absolute Gasteiger partial charge is 0.137 e. The maximum atomic E-state index is 5.93. The number of nitrogens with zero attached hydrogens (tertiary/aromatic N) is 2. The van der Waals surface area contributed by atoms with E-state index in [1.165, 1.54) is 0 Å². The molecule has 0 saturated carbocycles. The number of aromatic nitrogens is 2. The zero-order valence-corrected chi connectivity index (χ0v) is 9.28. The van der Waals surface area contributed by atoms with Gasteiger partial charge < -0.3 is 0 Å². The topological polar surface area (TPSA) is 25.8 Å². The van der Waals surface area contributed by atoms with E-state index < -0.39 is 0 Å². The third-order valence-corrected chi connectivity index (χ3v) is 2.42. The molecule has 0 N–H and O–H groups in total. The van der Waals surface area contributed by atoms with Crippen molar-refractivity contribution >= 4 is 23.2 Å². The van der Waals surface area contributed by atoms with E-state index in [9.17, 15) is 0 Å². The Labute approximate surface area is 88.3 Å². The molecule has 0 aliphatic heterocycles. The van der Waals surface area contributed by atoms with E-state index in [1.54, 1.807) is 6.92 Å². The van der Waals surface area contributed by atoms with Crippen LogP contribution >= 0.6 is 23.2 Å². The fourth-order valence-electron chi connectivity index (χ4n) is 1.09. The van der Waals surface area contributed by atoms with Crippen LogP contribution in [0.1, 0.15) is 31.2 Å². The average molecular weight is 219 g/mol. The van der Waals surface area contributed by atoms with Crippen molar-refractivity contribution in [2.24, 2.45) is 0 Å². The normalized spacial score (nSPS) is 10.5. The molecule has 0 radical (unpaired) electrons. The first-order valence-corrected chi connectivity index (χ1v) is 5.09. The molecule has 1 aromatic heterocycles. The highest BCUT2D eigenvalue weighted by Crippen LogP contribution is 2.22. The number of hydrogen-bond acceptors (Lipinski definition) is 2. The van der Waals surface area contributed by atoms with Gasteiger partial charge >= 0.3 is 0 Å². The second-order valence-electron chi connectivity index (χ2n) is 2.93. The largest absolute Gasteiger partial charge is 0.221 e. The molecule has 1 aromatic rings. The van der Waals surface area contributed by atoms with Crippen molar-refractivity contribution in [2.75, 3.05) is 0 Å². The van der Waals surface area contributed by atoms with Gasteiger partial charge in [-0.25, -0.2) is 9.97 Å². The zero-order chi connectivity index (χ0) is 9.84. The zero-order valence-electron chi connectivity index (χ0n) is 7.77. The summed E-state index contributed by atoms with van der Waals surface area (Å²) in [5.74, 6) is 0.621. The Morgan fingerprint density at radius 2 is 1.69 bits per heavy atom. The summed E-state index contributed by atoms with van der Waals surface area (Å²) in [6.45, 7) is 3.90. The van der Waals surface area contributed by atoms with Gasteiger partial charge in [-0.1, -0.05) is 36.5 Å². The van der Waals surface area contributed by atoms with Crippen LogP contribution in [0.4, 0.5) is 0 Å². The van der Waals surface area contributed by atoms with Crippen LogP contribution in [0.5, 0.6) is 0 Å². The lowest BCUT2D eigenvalue weighted by Gasteiger charge is -2.05. The van der Waals surface area contributed by atoms with Crippen LogP contribution in [0, 0.1) is 6.92 Å². The lowest BCUT2D eigenvalue weighted by atomic mass is 10.1. The molecule has 0 aliphatic rings. The van der Waals surface area contributed by atoms with Gasteiger partial charge in [-0.15, -0.1) is 0 Å². The lowest BCUT2D eigenvalue weighted by Crippen LogP contribution is -1.97. The highest BCUT2D eigenvalue weighted by Gasteiger charge is 2.08. The maximum absolute atomic E-state index is 5.93. The Kier molecular flexibility index (Phi) is 3.94. The van der Waals surface area contributed by atoms with Crippen LogP contribution in [-0.2, 0) is 6.42 Å². The van der Waals surface area contributed by atoms with Gasteiger partial charge in [0.05, 0.1) is 0 Å². The quantitative estimate of drug-likeness (QED) is 0.727. The molecule has 0 atom stereocenters. The van der Waals surface area contributed by atoms with Gasteiger partial charge in [-0.3, -0.25) is 0 Å². The molecule has 0 bridgehead atoms. The van der Waals surface area contributed by atoms with Crippen LogP contribution in [-0.4, -0.2) is 9.97 Å². The number of hydrogen-bond donors (Lipinski definition) is 0. The Morgan fingerprint density at radius 3 is 2.15 bits per heavy atom. The van der Waals surface area contributed by atoms with E-state index in [2.05, 4.69) is 16.9 Å². The molecule has 0 spiro atoms. The summed E-state index contributed by atoms with van der Waals surface area (Å²) in [5, 5.41) is 0.983. The molecule has 2 nitrogen and oxygen atoms in total. The van der Waals surface area contributed by atoms with Gasteiger partial charge in [0.2, 0.25) is 0 Å². The van der Waals surface area contributed by atoms with E-state index in [1.807, 2.05) is 0 Å². The molecule has 4 heteroatoms. The Bertz CT molecular complexity index is 277. The summed E-state index contributed by atoms with van der Waals surface area (Å²) < 4.78 is 0. The summed E-state index contributed by atoms with van der Waals surface area (Å²) in [7, 11) is 0. The number of unbranched alkanes of at least 4 members (excludes halogenated alkanes) is 1. The minimum atomic E-state index is 0.492. The summed E-state index contributed by atoms with van der Waals surface area (Å²) in [5.41, 5.74) is 0.871. The van der Waals surface area contributed by atoms with Crippen LogP contribution in [0.15, 0.2) is 0 Å². The molecule has 0 unspecified atom stereocenters. The fourth-order valence-corrected chi connectivity index (χ4v) is 1.75. The van der Waals surface area contributed by atoms with E-state index in [4.69, 9.17) is 23.2 Å². The molecule has 0 amide bonds. The van der Waals surface area contributed by atoms with Crippen molar-refractivity contribution in [3.8, 4) is 0 Å². The lowest BCUT2D eigenvalue weighted by molar-refractivity contribution is 0.785. The molecular formula is C9H12Cl2N2. The van der Waals surface area contributed by atoms with Crippen molar-refractivity contribution in [1.82, 2.24) is 9.97 Å². The Morgan fingerprint density at radius 1 is 1.15 bits per heavy atom. The van der Waals surface area contributed by atoms with E-state index in [-0.39, 0.29) is 0 Å². The molecular weight excluding hydrogens is 207 g/mol. The number of halogens is 2. The van der Waals surface area contributed by atoms with Crippen LogP contribution in [0.3, 0.4) is 0 Å². The minimum Gasteiger partial charge on any atom is -0.221 e. The first-order chi connectivity index (χ1) is 6.15. The SMILES string of the molecule is CCCCc1c(Cl)nc(C)nc1Cl. The van der Waals surface area contributed by atoms with E-state index in [0.717, 1.165) is 24.8 Å². The highest BCUT2D eigenvalue weighted by atomic mass is 35.5. The van der Waals surface area contributed by atoms with Gasteiger partial charge in [-0.05, 0) is 19.8 Å². The number of aryl methyl sites for hydroxylation is 1. The molecule has 1 heterocycles. The Balaban J connectivity index is 2.92. The van der Waals surface area contributed by atoms with E-state index >= 15 is 0 Å². The predicted octanol–water partition coefficient (Wildman–Crippen LogP) is 3.43. The molecule has 0 aliphatic carbocycles. The van der Waals surface area contributed by atoms with Crippen LogP contribution in [0.2, 0.25) is 10.3 Å². The van der Waals surface area contributed by atoms with Gasteiger partial charge in [0.1, 0.15) is 16.1 Å². The van der Waals surface area contributed by atoms with E-state index in [0.29, 0.717) is 16.1 Å². The standard InChI is InChI=1S/C9H12Cl2N2/c1-3-4-5-7-8(10)12-6(2)13-9(7)11/h3-5H2,1-2H3. The summed E-state index contributed by atoms with van der Waals surface area (Å²) in [6.07, 6.45) is 3.03.